The topological polar surface area (TPSA) is 60.9 Å². The Balaban J connectivity index is 2.01. The molecule has 2 heterocycles. The average molecular weight is 234 g/mol. The smallest absolute Gasteiger partial charge is 0.282 e. The van der Waals surface area contributed by atoms with Crippen molar-refractivity contribution in [1.82, 2.24) is 8.61 Å². The van der Waals surface area contributed by atoms with Crippen LogP contribution in [0.15, 0.2) is 0 Å². The van der Waals surface area contributed by atoms with Gasteiger partial charge < -0.3 is 5.11 Å². The van der Waals surface area contributed by atoms with Gasteiger partial charge in [-0.25, -0.2) is 0 Å². The van der Waals surface area contributed by atoms with Crippen molar-refractivity contribution in [3.63, 3.8) is 0 Å². The summed E-state index contributed by atoms with van der Waals surface area (Å²) in [6, 6.07) is 0. The van der Waals surface area contributed by atoms with Crippen LogP contribution in [0.1, 0.15) is 26.2 Å². The molecule has 0 atom stereocenters. The molecule has 0 unspecified atom stereocenters. The summed E-state index contributed by atoms with van der Waals surface area (Å²) in [7, 11) is -3.29. The Morgan fingerprint density at radius 2 is 1.60 bits per heavy atom. The van der Waals surface area contributed by atoms with E-state index in [0.717, 1.165) is 19.3 Å². The molecule has 0 aromatic carbocycles. The molecule has 0 spiro atoms. The Morgan fingerprint density at radius 1 is 1.07 bits per heavy atom. The molecule has 88 valence electrons. The maximum atomic E-state index is 12.0. The predicted octanol–water partition coefficient (Wildman–Crippen LogP) is -0.216. The Morgan fingerprint density at radius 3 is 2.07 bits per heavy atom. The lowest BCUT2D eigenvalue weighted by atomic mass is 10.0. The highest BCUT2D eigenvalue weighted by Gasteiger charge is 2.45. The number of piperidine rings is 1. The monoisotopic (exact) mass is 234 g/mol. The van der Waals surface area contributed by atoms with E-state index < -0.39 is 15.8 Å². The number of aliphatic hydroxyl groups is 1. The molecule has 15 heavy (non-hydrogen) atoms. The lowest BCUT2D eigenvalue weighted by Crippen LogP contribution is -2.64. The van der Waals surface area contributed by atoms with Crippen molar-refractivity contribution in [3.05, 3.63) is 0 Å². The first-order valence-corrected chi connectivity index (χ1v) is 6.79. The van der Waals surface area contributed by atoms with Crippen molar-refractivity contribution in [2.24, 2.45) is 0 Å². The van der Waals surface area contributed by atoms with Crippen LogP contribution >= 0.6 is 0 Å². The zero-order valence-electron chi connectivity index (χ0n) is 9.02. The molecule has 5 nitrogen and oxygen atoms in total. The van der Waals surface area contributed by atoms with Gasteiger partial charge in [0.15, 0.2) is 0 Å². The van der Waals surface area contributed by atoms with Gasteiger partial charge in [-0.15, -0.1) is 0 Å². The van der Waals surface area contributed by atoms with Crippen molar-refractivity contribution in [3.8, 4) is 0 Å². The second-order valence-electron chi connectivity index (χ2n) is 4.73. The summed E-state index contributed by atoms with van der Waals surface area (Å²) in [6.07, 6.45) is 3.01. The second kappa shape index (κ2) is 3.69. The summed E-state index contributed by atoms with van der Waals surface area (Å²) in [5.41, 5.74) is -0.830. The van der Waals surface area contributed by atoms with Crippen LogP contribution in [0.25, 0.3) is 0 Å². The van der Waals surface area contributed by atoms with Crippen LogP contribution in [0, 0.1) is 0 Å². The van der Waals surface area contributed by atoms with Gasteiger partial charge in [-0.1, -0.05) is 6.42 Å². The van der Waals surface area contributed by atoms with Gasteiger partial charge >= 0.3 is 0 Å². The molecule has 0 aliphatic carbocycles. The zero-order chi connectivity index (χ0) is 11.1. The minimum absolute atomic E-state index is 0.228. The van der Waals surface area contributed by atoms with Crippen LogP contribution in [-0.4, -0.2) is 53.9 Å². The Bertz CT molecular complexity index is 325. The van der Waals surface area contributed by atoms with E-state index in [1.54, 1.807) is 6.92 Å². The minimum Gasteiger partial charge on any atom is -0.387 e. The van der Waals surface area contributed by atoms with E-state index in [1.807, 2.05) is 0 Å². The number of β-amino-alcohol motifs (C(OH)–C–C–N with tert-alkyl or cyclic N) is 1. The van der Waals surface area contributed by atoms with Gasteiger partial charge in [-0.2, -0.15) is 17.0 Å². The van der Waals surface area contributed by atoms with E-state index in [1.165, 1.54) is 8.61 Å². The van der Waals surface area contributed by atoms with Gasteiger partial charge in [-0.05, 0) is 19.8 Å². The van der Waals surface area contributed by atoms with E-state index in [-0.39, 0.29) is 13.1 Å². The first-order chi connectivity index (χ1) is 6.92. The molecule has 2 aliphatic heterocycles. The molecule has 2 fully saturated rings. The zero-order valence-corrected chi connectivity index (χ0v) is 9.83. The molecular weight excluding hydrogens is 216 g/mol. The van der Waals surface area contributed by atoms with Crippen LogP contribution in [0.2, 0.25) is 0 Å². The van der Waals surface area contributed by atoms with Gasteiger partial charge in [0, 0.05) is 26.2 Å². The maximum Gasteiger partial charge on any atom is 0.282 e. The fourth-order valence-electron chi connectivity index (χ4n) is 2.14. The van der Waals surface area contributed by atoms with Crippen molar-refractivity contribution < 1.29 is 13.5 Å². The number of nitrogens with zero attached hydrogens (tertiary/aromatic N) is 2. The van der Waals surface area contributed by atoms with Crippen LogP contribution in [0.4, 0.5) is 0 Å². The first-order valence-electron chi connectivity index (χ1n) is 5.39. The van der Waals surface area contributed by atoms with E-state index in [0.29, 0.717) is 13.1 Å². The third-order valence-corrected chi connectivity index (χ3v) is 4.93. The summed E-state index contributed by atoms with van der Waals surface area (Å²) in [4.78, 5) is 0. The molecule has 2 saturated heterocycles. The highest BCUT2D eigenvalue weighted by molar-refractivity contribution is 7.86. The number of hydrogen-bond donors (Lipinski definition) is 1. The SMILES string of the molecule is CC1(O)CN(S(=O)(=O)N2CCCCC2)C1. The highest BCUT2D eigenvalue weighted by atomic mass is 32.2. The molecule has 0 bridgehead atoms. The van der Waals surface area contributed by atoms with Crippen LogP contribution < -0.4 is 0 Å². The molecule has 0 aromatic heterocycles. The minimum atomic E-state index is -3.29. The third kappa shape index (κ3) is 2.18. The Hall–Kier alpha value is -0.170. The fraction of sp³-hybridized carbons (Fsp3) is 1.00. The normalized spacial score (nSPS) is 28.7. The predicted molar refractivity (Wildman–Crippen MR) is 56.5 cm³/mol. The number of hydrogen-bond acceptors (Lipinski definition) is 3. The molecule has 0 amide bonds. The fourth-order valence-corrected chi connectivity index (χ4v) is 4.06. The molecule has 0 saturated carbocycles. The lowest BCUT2D eigenvalue weighted by molar-refractivity contribution is -0.0453. The molecule has 2 rings (SSSR count). The highest BCUT2D eigenvalue weighted by Crippen LogP contribution is 2.26. The second-order valence-corrected chi connectivity index (χ2v) is 6.66. The van der Waals surface area contributed by atoms with Crippen molar-refractivity contribution in [1.29, 1.82) is 0 Å². The molecular formula is C9H18N2O3S. The van der Waals surface area contributed by atoms with Crippen molar-refractivity contribution in [2.75, 3.05) is 26.2 Å². The van der Waals surface area contributed by atoms with Gasteiger partial charge in [0.1, 0.15) is 0 Å². The van der Waals surface area contributed by atoms with E-state index >= 15 is 0 Å². The van der Waals surface area contributed by atoms with Crippen LogP contribution in [0.5, 0.6) is 0 Å². The molecule has 2 aliphatic rings. The van der Waals surface area contributed by atoms with Crippen LogP contribution in [-0.2, 0) is 10.2 Å². The van der Waals surface area contributed by atoms with E-state index in [9.17, 15) is 13.5 Å². The maximum absolute atomic E-state index is 12.0. The largest absolute Gasteiger partial charge is 0.387 e. The summed E-state index contributed by atoms with van der Waals surface area (Å²) in [5, 5.41) is 9.52. The quantitative estimate of drug-likeness (QED) is 0.719. The summed E-state index contributed by atoms with van der Waals surface area (Å²) >= 11 is 0. The Labute approximate surface area is 90.9 Å². The lowest BCUT2D eigenvalue weighted by Gasteiger charge is -2.45. The molecule has 0 aromatic rings. The number of rotatable bonds is 2. The Kier molecular flexibility index (Phi) is 2.79. The van der Waals surface area contributed by atoms with Gasteiger partial charge in [-0.3, -0.25) is 0 Å². The van der Waals surface area contributed by atoms with Crippen molar-refractivity contribution >= 4 is 10.2 Å². The van der Waals surface area contributed by atoms with E-state index in [2.05, 4.69) is 0 Å². The van der Waals surface area contributed by atoms with Gasteiger partial charge in [0.2, 0.25) is 0 Å². The average Bonchev–Trinajstić information content (AvgIpc) is 2.15. The van der Waals surface area contributed by atoms with Crippen molar-refractivity contribution in [2.45, 2.75) is 31.8 Å². The molecule has 6 heteroatoms. The first kappa shape index (κ1) is 11.3. The third-order valence-electron chi connectivity index (χ3n) is 3.00. The summed E-state index contributed by atoms with van der Waals surface area (Å²) in [6.45, 7) is 3.37. The van der Waals surface area contributed by atoms with Crippen LogP contribution in [0.3, 0.4) is 0 Å². The standard InChI is InChI=1S/C9H18N2O3S/c1-9(12)7-11(8-9)15(13,14)10-5-3-2-4-6-10/h12H,2-8H2,1H3. The van der Waals surface area contributed by atoms with E-state index in [4.69, 9.17) is 0 Å². The summed E-state index contributed by atoms with van der Waals surface area (Å²) in [5.74, 6) is 0. The molecule has 1 N–H and O–H groups in total. The summed E-state index contributed by atoms with van der Waals surface area (Å²) < 4.78 is 26.9. The molecule has 0 radical (unpaired) electrons. The van der Waals surface area contributed by atoms with Gasteiger partial charge in [0.05, 0.1) is 5.60 Å². The van der Waals surface area contributed by atoms with Gasteiger partial charge in [0.25, 0.3) is 10.2 Å².